The Morgan fingerprint density at radius 2 is 1.91 bits per heavy atom. The van der Waals surface area contributed by atoms with Crippen LogP contribution in [0.25, 0.3) is 5.69 Å². The van der Waals surface area contributed by atoms with Gasteiger partial charge in [0.1, 0.15) is 6.33 Å². The molecular weight excluding hydrogens is 282 g/mol. The number of amides is 1. The number of ether oxygens (including phenoxy) is 1. The van der Waals surface area contributed by atoms with Crippen LogP contribution in [0.5, 0.6) is 6.01 Å². The lowest BCUT2D eigenvalue weighted by Gasteiger charge is -2.32. The fourth-order valence-electron chi connectivity index (χ4n) is 2.29. The molecule has 0 atom stereocenters. The molecule has 1 aromatic heterocycles. The summed E-state index contributed by atoms with van der Waals surface area (Å²) in [6.45, 7) is 3.25. The van der Waals surface area contributed by atoms with Crippen LogP contribution in [0.15, 0.2) is 36.7 Å². The van der Waals surface area contributed by atoms with Gasteiger partial charge in [-0.1, -0.05) is 18.2 Å². The molecule has 2 heterocycles. The average Bonchev–Trinajstić information content (AvgIpc) is 3.03. The van der Waals surface area contributed by atoms with Crippen LogP contribution >= 0.6 is 0 Å². The van der Waals surface area contributed by atoms with Gasteiger partial charge in [0.25, 0.3) is 5.91 Å². The molecule has 1 fully saturated rings. The Balaban J connectivity index is 1.54. The Kier molecular flexibility index (Phi) is 4.34. The molecule has 0 bridgehead atoms. The van der Waals surface area contributed by atoms with E-state index in [9.17, 15) is 4.79 Å². The lowest BCUT2D eigenvalue weighted by molar-refractivity contribution is -0.135. The van der Waals surface area contributed by atoms with Gasteiger partial charge in [-0.05, 0) is 19.2 Å². The molecule has 22 heavy (non-hydrogen) atoms. The molecule has 0 spiro atoms. The standard InChI is InChI=1S/C15H19N5O2/c1-18-7-9-19(10-8-18)14(21)11-22-15-16-12-20(17-15)13-5-3-2-4-6-13/h2-6,12H,7-11H2,1H3. The van der Waals surface area contributed by atoms with E-state index in [0.29, 0.717) is 0 Å². The van der Waals surface area contributed by atoms with Crippen LogP contribution in [0.2, 0.25) is 0 Å². The summed E-state index contributed by atoms with van der Waals surface area (Å²) in [7, 11) is 2.05. The molecule has 1 aromatic carbocycles. The van der Waals surface area contributed by atoms with E-state index < -0.39 is 0 Å². The van der Waals surface area contributed by atoms with Crippen molar-refractivity contribution in [1.82, 2.24) is 24.6 Å². The number of hydrogen-bond acceptors (Lipinski definition) is 5. The van der Waals surface area contributed by atoms with Gasteiger partial charge >= 0.3 is 6.01 Å². The van der Waals surface area contributed by atoms with E-state index in [4.69, 9.17) is 4.74 Å². The lowest BCUT2D eigenvalue weighted by Crippen LogP contribution is -2.48. The van der Waals surface area contributed by atoms with E-state index in [1.54, 1.807) is 11.0 Å². The Morgan fingerprint density at radius 1 is 1.18 bits per heavy atom. The molecule has 0 aliphatic carbocycles. The molecule has 7 heteroatoms. The fourth-order valence-corrected chi connectivity index (χ4v) is 2.29. The van der Waals surface area contributed by atoms with Crippen LogP contribution in [-0.2, 0) is 4.79 Å². The number of piperazine rings is 1. The first kappa shape index (κ1) is 14.5. The number of likely N-dealkylation sites (N-methyl/N-ethyl adjacent to an activating group) is 1. The Hall–Kier alpha value is -2.41. The van der Waals surface area contributed by atoms with Gasteiger partial charge in [0, 0.05) is 26.2 Å². The Morgan fingerprint density at radius 3 is 2.64 bits per heavy atom. The summed E-state index contributed by atoms with van der Waals surface area (Å²) in [6, 6.07) is 9.85. The highest BCUT2D eigenvalue weighted by Gasteiger charge is 2.19. The van der Waals surface area contributed by atoms with E-state index in [-0.39, 0.29) is 18.5 Å². The molecule has 1 aliphatic heterocycles. The predicted molar refractivity (Wildman–Crippen MR) is 80.9 cm³/mol. The van der Waals surface area contributed by atoms with Crippen molar-refractivity contribution < 1.29 is 9.53 Å². The quantitative estimate of drug-likeness (QED) is 0.819. The first-order valence-electron chi connectivity index (χ1n) is 7.28. The number of rotatable bonds is 4. The first-order chi connectivity index (χ1) is 10.7. The molecule has 2 aromatic rings. The van der Waals surface area contributed by atoms with Gasteiger partial charge in [-0.15, -0.1) is 5.10 Å². The van der Waals surface area contributed by atoms with E-state index >= 15 is 0 Å². The van der Waals surface area contributed by atoms with E-state index in [0.717, 1.165) is 31.9 Å². The van der Waals surface area contributed by atoms with Gasteiger partial charge in [0.05, 0.1) is 5.69 Å². The largest absolute Gasteiger partial charge is 0.452 e. The minimum Gasteiger partial charge on any atom is -0.452 e. The molecule has 0 unspecified atom stereocenters. The molecule has 1 aliphatic rings. The number of aromatic nitrogens is 3. The fraction of sp³-hybridized carbons (Fsp3) is 0.400. The van der Waals surface area contributed by atoms with Crippen LogP contribution < -0.4 is 4.74 Å². The smallest absolute Gasteiger partial charge is 0.336 e. The second-order valence-corrected chi connectivity index (χ2v) is 5.28. The van der Waals surface area contributed by atoms with Gasteiger partial charge in [-0.2, -0.15) is 4.98 Å². The Bertz CT molecular complexity index is 620. The third-order valence-corrected chi connectivity index (χ3v) is 3.67. The molecule has 3 rings (SSSR count). The van der Waals surface area contributed by atoms with Crippen molar-refractivity contribution in [3.8, 4) is 11.7 Å². The maximum atomic E-state index is 12.1. The lowest BCUT2D eigenvalue weighted by atomic mass is 10.3. The minimum absolute atomic E-state index is 0.0239. The van der Waals surface area contributed by atoms with Gasteiger partial charge in [0.2, 0.25) is 0 Å². The van der Waals surface area contributed by atoms with Crippen molar-refractivity contribution in [3.05, 3.63) is 36.7 Å². The maximum absolute atomic E-state index is 12.1. The van der Waals surface area contributed by atoms with Crippen LogP contribution in [0.1, 0.15) is 0 Å². The van der Waals surface area contributed by atoms with Crippen molar-refractivity contribution >= 4 is 5.91 Å². The number of hydrogen-bond donors (Lipinski definition) is 0. The van der Waals surface area contributed by atoms with E-state index in [1.165, 1.54) is 0 Å². The summed E-state index contributed by atoms with van der Waals surface area (Å²) >= 11 is 0. The first-order valence-corrected chi connectivity index (χ1v) is 7.28. The second kappa shape index (κ2) is 6.57. The zero-order valence-electron chi connectivity index (χ0n) is 12.6. The van der Waals surface area contributed by atoms with E-state index in [1.807, 2.05) is 35.2 Å². The third-order valence-electron chi connectivity index (χ3n) is 3.67. The van der Waals surface area contributed by atoms with Gasteiger partial charge in [-0.25, -0.2) is 4.68 Å². The van der Waals surface area contributed by atoms with Crippen molar-refractivity contribution in [2.45, 2.75) is 0 Å². The topological polar surface area (TPSA) is 63.5 Å². The normalized spacial score (nSPS) is 15.8. The molecule has 116 valence electrons. The van der Waals surface area contributed by atoms with E-state index in [2.05, 4.69) is 22.0 Å². The zero-order chi connectivity index (χ0) is 15.4. The summed E-state index contributed by atoms with van der Waals surface area (Å²) in [4.78, 5) is 20.2. The summed E-state index contributed by atoms with van der Waals surface area (Å²) in [5, 5.41) is 4.21. The average molecular weight is 301 g/mol. The third kappa shape index (κ3) is 3.43. The molecule has 0 saturated carbocycles. The summed E-state index contributed by atoms with van der Waals surface area (Å²) in [5.41, 5.74) is 0.898. The highest BCUT2D eigenvalue weighted by Crippen LogP contribution is 2.08. The van der Waals surface area contributed by atoms with Crippen LogP contribution in [-0.4, -0.2) is 70.3 Å². The summed E-state index contributed by atoms with van der Waals surface area (Å²) < 4.78 is 7.02. The molecular formula is C15H19N5O2. The highest BCUT2D eigenvalue weighted by molar-refractivity contribution is 5.77. The SMILES string of the molecule is CN1CCN(C(=O)COc2ncn(-c3ccccc3)n2)CC1. The monoisotopic (exact) mass is 301 g/mol. The zero-order valence-corrected chi connectivity index (χ0v) is 12.6. The van der Waals surface area contributed by atoms with Gasteiger partial charge in [-0.3, -0.25) is 4.79 Å². The Labute approximate surface area is 129 Å². The number of benzene rings is 1. The summed E-state index contributed by atoms with van der Waals surface area (Å²) in [6.07, 6.45) is 1.57. The van der Waals surface area contributed by atoms with Crippen LogP contribution in [0.3, 0.4) is 0 Å². The minimum atomic E-state index is -0.0253. The van der Waals surface area contributed by atoms with Crippen LogP contribution in [0.4, 0.5) is 0 Å². The molecule has 1 amide bonds. The molecule has 7 nitrogen and oxygen atoms in total. The van der Waals surface area contributed by atoms with Gasteiger partial charge < -0.3 is 14.5 Å². The predicted octanol–water partition coefficient (Wildman–Crippen LogP) is 0.420. The van der Waals surface area contributed by atoms with Crippen molar-refractivity contribution in [3.63, 3.8) is 0 Å². The number of carbonyl (C=O) groups is 1. The van der Waals surface area contributed by atoms with Crippen LogP contribution in [0, 0.1) is 0 Å². The maximum Gasteiger partial charge on any atom is 0.336 e. The van der Waals surface area contributed by atoms with Crippen molar-refractivity contribution in [2.75, 3.05) is 39.8 Å². The number of para-hydroxylation sites is 1. The number of carbonyl (C=O) groups excluding carboxylic acids is 1. The molecule has 0 N–H and O–H groups in total. The van der Waals surface area contributed by atoms with Gasteiger partial charge in [0.15, 0.2) is 6.61 Å². The molecule has 0 radical (unpaired) electrons. The highest BCUT2D eigenvalue weighted by atomic mass is 16.5. The number of nitrogens with zero attached hydrogens (tertiary/aromatic N) is 5. The summed E-state index contributed by atoms with van der Waals surface area (Å²) in [5.74, 6) is -0.0239. The molecule has 1 saturated heterocycles. The second-order valence-electron chi connectivity index (χ2n) is 5.28. The van der Waals surface area contributed by atoms with Crippen molar-refractivity contribution in [2.24, 2.45) is 0 Å². The van der Waals surface area contributed by atoms with Crippen molar-refractivity contribution in [1.29, 1.82) is 0 Å².